The number of fused-ring (bicyclic) bond motifs is 1. The standard InChI is InChI=1S/C21H15F2N3O/c22-16-8-4-14(5-9-16)13-19(27)25-21-20(15-6-10-17(23)11-7-15)26-12-2-1-3-18(26)24-21/h1-12H,13H2,(H,25,27). The number of carbonyl (C=O) groups excluding carboxylic acids is 1. The van der Waals surface area contributed by atoms with Crippen molar-refractivity contribution >= 4 is 17.4 Å². The molecule has 0 aliphatic heterocycles. The van der Waals surface area contributed by atoms with E-state index in [1.54, 1.807) is 24.3 Å². The van der Waals surface area contributed by atoms with Crippen molar-refractivity contribution in [2.75, 3.05) is 5.32 Å². The second-order valence-electron chi connectivity index (χ2n) is 6.10. The summed E-state index contributed by atoms with van der Waals surface area (Å²) in [7, 11) is 0. The minimum Gasteiger partial charge on any atom is -0.309 e. The monoisotopic (exact) mass is 363 g/mol. The van der Waals surface area contributed by atoms with E-state index in [1.807, 2.05) is 28.8 Å². The molecule has 0 saturated heterocycles. The molecule has 2 heterocycles. The van der Waals surface area contributed by atoms with E-state index < -0.39 is 0 Å². The van der Waals surface area contributed by atoms with Gasteiger partial charge >= 0.3 is 0 Å². The van der Waals surface area contributed by atoms with E-state index in [0.717, 1.165) is 5.56 Å². The van der Waals surface area contributed by atoms with Crippen LogP contribution in [0.15, 0.2) is 72.9 Å². The molecule has 0 bridgehead atoms. The van der Waals surface area contributed by atoms with Crippen LogP contribution in [-0.2, 0) is 11.2 Å². The van der Waals surface area contributed by atoms with E-state index in [0.29, 0.717) is 22.7 Å². The van der Waals surface area contributed by atoms with Crippen molar-refractivity contribution in [1.29, 1.82) is 0 Å². The van der Waals surface area contributed by atoms with Gasteiger partial charge in [0.05, 0.1) is 12.1 Å². The fraction of sp³-hybridized carbons (Fsp3) is 0.0476. The first-order valence-corrected chi connectivity index (χ1v) is 8.37. The Hall–Kier alpha value is -3.54. The van der Waals surface area contributed by atoms with Gasteiger partial charge in [-0.05, 0) is 54.1 Å². The number of benzene rings is 2. The molecule has 0 aliphatic carbocycles. The van der Waals surface area contributed by atoms with Crippen LogP contribution >= 0.6 is 0 Å². The van der Waals surface area contributed by atoms with Gasteiger partial charge in [-0.25, -0.2) is 13.8 Å². The van der Waals surface area contributed by atoms with Gasteiger partial charge in [0.15, 0.2) is 5.82 Å². The van der Waals surface area contributed by atoms with Crippen molar-refractivity contribution in [3.63, 3.8) is 0 Å². The van der Waals surface area contributed by atoms with E-state index in [9.17, 15) is 13.6 Å². The lowest BCUT2D eigenvalue weighted by molar-refractivity contribution is -0.115. The van der Waals surface area contributed by atoms with Gasteiger partial charge < -0.3 is 5.32 Å². The maximum absolute atomic E-state index is 13.3. The Kier molecular flexibility index (Phi) is 4.38. The Morgan fingerprint density at radius 3 is 2.30 bits per heavy atom. The zero-order valence-corrected chi connectivity index (χ0v) is 14.2. The van der Waals surface area contributed by atoms with Crippen molar-refractivity contribution in [2.24, 2.45) is 0 Å². The normalized spacial score (nSPS) is 10.9. The van der Waals surface area contributed by atoms with E-state index in [-0.39, 0.29) is 24.0 Å². The quantitative estimate of drug-likeness (QED) is 0.582. The molecule has 4 nitrogen and oxygen atoms in total. The number of amides is 1. The van der Waals surface area contributed by atoms with E-state index in [1.165, 1.54) is 24.3 Å². The zero-order chi connectivity index (χ0) is 18.8. The van der Waals surface area contributed by atoms with Crippen LogP contribution in [0.1, 0.15) is 5.56 Å². The first kappa shape index (κ1) is 16.9. The molecule has 0 radical (unpaired) electrons. The van der Waals surface area contributed by atoms with Crippen molar-refractivity contribution in [1.82, 2.24) is 9.38 Å². The smallest absolute Gasteiger partial charge is 0.230 e. The predicted molar refractivity (Wildman–Crippen MR) is 99.3 cm³/mol. The molecule has 4 rings (SSSR count). The lowest BCUT2D eigenvalue weighted by atomic mass is 10.1. The number of aromatic nitrogens is 2. The number of hydrogen-bond donors (Lipinski definition) is 1. The van der Waals surface area contributed by atoms with Gasteiger partial charge in [0.2, 0.25) is 5.91 Å². The Balaban J connectivity index is 1.68. The molecule has 27 heavy (non-hydrogen) atoms. The van der Waals surface area contributed by atoms with Gasteiger partial charge in [0, 0.05) is 11.8 Å². The molecule has 0 spiro atoms. The van der Waals surface area contributed by atoms with Gasteiger partial charge in [0.25, 0.3) is 0 Å². The third-order valence-corrected chi connectivity index (χ3v) is 4.18. The molecule has 1 amide bonds. The summed E-state index contributed by atoms with van der Waals surface area (Å²) in [5.74, 6) is -0.569. The molecule has 0 fully saturated rings. The third kappa shape index (κ3) is 3.55. The topological polar surface area (TPSA) is 46.4 Å². The number of anilines is 1. The summed E-state index contributed by atoms with van der Waals surface area (Å²) in [4.78, 5) is 17.0. The van der Waals surface area contributed by atoms with Gasteiger partial charge in [-0.2, -0.15) is 0 Å². The average molecular weight is 363 g/mol. The number of carbonyl (C=O) groups is 1. The number of rotatable bonds is 4. The molecule has 6 heteroatoms. The molecular weight excluding hydrogens is 348 g/mol. The maximum atomic E-state index is 13.3. The SMILES string of the molecule is O=C(Cc1ccc(F)cc1)Nc1nc2ccccn2c1-c1ccc(F)cc1. The van der Waals surface area contributed by atoms with Crippen LogP contribution in [0.3, 0.4) is 0 Å². The van der Waals surface area contributed by atoms with Crippen molar-refractivity contribution < 1.29 is 13.6 Å². The lowest BCUT2D eigenvalue weighted by Crippen LogP contribution is -2.15. The molecule has 0 atom stereocenters. The van der Waals surface area contributed by atoms with E-state index in [2.05, 4.69) is 10.3 Å². The number of halogens is 2. The second-order valence-corrected chi connectivity index (χ2v) is 6.10. The van der Waals surface area contributed by atoms with Crippen LogP contribution in [0.4, 0.5) is 14.6 Å². The Morgan fingerprint density at radius 1 is 0.926 bits per heavy atom. The van der Waals surface area contributed by atoms with E-state index >= 15 is 0 Å². The summed E-state index contributed by atoms with van der Waals surface area (Å²) in [6, 6.07) is 17.3. The number of hydrogen-bond acceptors (Lipinski definition) is 2. The first-order chi connectivity index (χ1) is 13.1. The Morgan fingerprint density at radius 2 is 1.59 bits per heavy atom. The number of imidazole rings is 1. The number of nitrogens with zero attached hydrogens (tertiary/aromatic N) is 2. The molecule has 2 aromatic carbocycles. The summed E-state index contributed by atoms with van der Waals surface area (Å²) in [5.41, 5.74) is 2.75. The number of nitrogens with one attached hydrogen (secondary N) is 1. The van der Waals surface area contributed by atoms with Crippen LogP contribution < -0.4 is 5.32 Å². The molecule has 0 aliphatic rings. The first-order valence-electron chi connectivity index (χ1n) is 8.37. The fourth-order valence-corrected chi connectivity index (χ4v) is 2.93. The summed E-state index contributed by atoms with van der Waals surface area (Å²) < 4.78 is 28.2. The summed E-state index contributed by atoms with van der Waals surface area (Å²) >= 11 is 0. The lowest BCUT2D eigenvalue weighted by Gasteiger charge is -2.07. The highest BCUT2D eigenvalue weighted by atomic mass is 19.1. The van der Waals surface area contributed by atoms with Crippen LogP contribution in [0.5, 0.6) is 0 Å². The minimum atomic E-state index is -0.349. The van der Waals surface area contributed by atoms with Crippen molar-refractivity contribution in [3.05, 3.63) is 90.1 Å². The third-order valence-electron chi connectivity index (χ3n) is 4.18. The highest BCUT2D eigenvalue weighted by Crippen LogP contribution is 2.29. The Bertz CT molecular complexity index is 1100. The fourth-order valence-electron chi connectivity index (χ4n) is 2.93. The summed E-state index contributed by atoms with van der Waals surface area (Å²) in [5, 5.41) is 2.82. The molecular formula is C21H15F2N3O. The largest absolute Gasteiger partial charge is 0.309 e. The van der Waals surface area contributed by atoms with Crippen LogP contribution in [0.25, 0.3) is 16.9 Å². The van der Waals surface area contributed by atoms with Crippen LogP contribution in [-0.4, -0.2) is 15.3 Å². The van der Waals surface area contributed by atoms with Gasteiger partial charge in [-0.15, -0.1) is 0 Å². The van der Waals surface area contributed by atoms with E-state index in [4.69, 9.17) is 0 Å². The molecule has 0 unspecified atom stereocenters. The summed E-state index contributed by atoms with van der Waals surface area (Å²) in [6.45, 7) is 0. The highest BCUT2D eigenvalue weighted by molar-refractivity contribution is 5.95. The molecule has 4 aromatic rings. The van der Waals surface area contributed by atoms with Gasteiger partial charge in [0.1, 0.15) is 17.3 Å². The van der Waals surface area contributed by atoms with Crippen LogP contribution in [0, 0.1) is 11.6 Å². The zero-order valence-electron chi connectivity index (χ0n) is 14.2. The maximum Gasteiger partial charge on any atom is 0.230 e. The minimum absolute atomic E-state index is 0.0943. The van der Waals surface area contributed by atoms with Crippen molar-refractivity contribution in [2.45, 2.75) is 6.42 Å². The molecule has 134 valence electrons. The highest BCUT2D eigenvalue weighted by Gasteiger charge is 2.16. The predicted octanol–water partition coefficient (Wildman–Crippen LogP) is 4.46. The average Bonchev–Trinajstić information content (AvgIpc) is 3.02. The summed E-state index contributed by atoms with van der Waals surface area (Å²) in [6.07, 6.45) is 1.92. The van der Waals surface area contributed by atoms with Crippen molar-refractivity contribution in [3.8, 4) is 11.3 Å². The number of pyridine rings is 1. The van der Waals surface area contributed by atoms with Gasteiger partial charge in [-0.1, -0.05) is 18.2 Å². The molecule has 1 N–H and O–H groups in total. The Labute approximate surface area is 154 Å². The molecule has 2 aromatic heterocycles. The second kappa shape index (κ2) is 6.99. The molecule has 0 saturated carbocycles. The van der Waals surface area contributed by atoms with Gasteiger partial charge in [-0.3, -0.25) is 9.20 Å². The van der Waals surface area contributed by atoms with Crippen LogP contribution in [0.2, 0.25) is 0 Å².